The number of hydrogen-bond donors (Lipinski definition) is 0. The van der Waals surface area contributed by atoms with Gasteiger partial charge in [-0.25, -0.2) is 0 Å². The molecule has 6 heteroatoms. The summed E-state index contributed by atoms with van der Waals surface area (Å²) in [4.78, 5) is 12.6. The molecule has 1 aromatic heterocycles. The average Bonchev–Trinajstić information content (AvgIpc) is 2.75. The Hall–Kier alpha value is -1.56. The standard InChI is InChI=1S/C19H23BClNO3/c1-13(14-7-6-8-16(21)11-14)22-10-9-15(12-17(22)23)20-24-18(2,3)19(4,5)25-20/h6-13H,1-5H3. The van der Waals surface area contributed by atoms with Crippen LogP contribution in [0.3, 0.4) is 0 Å². The van der Waals surface area contributed by atoms with Crippen LogP contribution in [0.2, 0.25) is 5.02 Å². The summed E-state index contributed by atoms with van der Waals surface area (Å²) in [6.45, 7) is 9.96. The molecule has 0 bridgehead atoms. The molecule has 25 heavy (non-hydrogen) atoms. The maximum atomic E-state index is 12.6. The Bertz CT molecular complexity index is 831. The summed E-state index contributed by atoms with van der Waals surface area (Å²) in [5, 5.41) is 0.659. The molecule has 1 aromatic carbocycles. The lowest BCUT2D eigenvalue weighted by Crippen LogP contribution is -2.41. The zero-order valence-electron chi connectivity index (χ0n) is 15.2. The van der Waals surface area contributed by atoms with Crippen LogP contribution < -0.4 is 11.0 Å². The smallest absolute Gasteiger partial charge is 0.399 e. The van der Waals surface area contributed by atoms with Crippen molar-refractivity contribution >= 4 is 24.2 Å². The van der Waals surface area contributed by atoms with E-state index in [9.17, 15) is 4.79 Å². The number of hydrogen-bond acceptors (Lipinski definition) is 3. The molecule has 0 N–H and O–H groups in total. The largest absolute Gasteiger partial charge is 0.495 e. The van der Waals surface area contributed by atoms with E-state index in [1.807, 2.05) is 65.0 Å². The normalized spacial score (nSPS) is 19.8. The van der Waals surface area contributed by atoms with E-state index in [1.165, 1.54) is 0 Å². The lowest BCUT2D eigenvalue weighted by atomic mass is 9.80. The third-order valence-electron chi connectivity index (χ3n) is 5.25. The van der Waals surface area contributed by atoms with E-state index in [0.717, 1.165) is 11.0 Å². The number of benzene rings is 1. The Morgan fingerprint density at radius 3 is 2.28 bits per heavy atom. The van der Waals surface area contributed by atoms with Gasteiger partial charge in [0.2, 0.25) is 0 Å². The molecule has 1 unspecified atom stereocenters. The van der Waals surface area contributed by atoms with Crippen LogP contribution in [0.4, 0.5) is 0 Å². The van der Waals surface area contributed by atoms with Crippen LogP contribution in [-0.4, -0.2) is 22.9 Å². The maximum Gasteiger partial charge on any atom is 0.495 e. The first-order valence-corrected chi connectivity index (χ1v) is 8.82. The minimum absolute atomic E-state index is 0.0975. The number of pyridine rings is 1. The number of rotatable bonds is 3. The third-order valence-corrected chi connectivity index (χ3v) is 5.48. The van der Waals surface area contributed by atoms with Crippen LogP contribution in [0.15, 0.2) is 47.4 Å². The summed E-state index contributed by atoms with van der Waals surface area (Å²) in [6, 6.07) is 10.9. The van der Waals surface area contributed by atoms with Crippen molar-refractivity contribution in [2.45, 2.75) is 51.9 Å². The zero-order valence-corrected chi connectivity index (χ0v) is 16.0. The predicted molar refractivity (Wildman–Crippen MR) is 102 cm³/mol. The quantitative estimate of drug-likeness (QED) is 0.789. The SMILES string of the molecule is CC(c1cccc(Cl)c1)n1ccc(B2OC(C)(C)C(C)(C)O2)cc1=O. The number of halogens is 1. The molecule has 4 nitrogen and oxygen atoms in total. The summed E-state index contributed by atoms with van der Waals surface area (Å²) >= 11 is 6.06. The molecule has 0 amide bonds. The minimum atomic E-state index is -0.533. The Labute approximate surface area is 153 Å². The summed E-state index contributed by atoms with van der Waals surface area (Å²) in [5.74, 6) is 0. The summed E-state index contributed by atoms with van der Waals surface area (Å²) < 4.78 is 13.7. The van der Waals surface area contributed by atoms with E-state index in [4.69, 9.17) is 20.9 Å². The topological polar surface area (TPSA) is 40.5 Å². The van der Waals surface area contributed by atoms with Gasteiger partial charge in [0.05, 0.1) is 17.2 Å². The van der Waals surface area contributed by atoms with Crippen molar-refractivity contribution in [1.82, 2.24) is 4.57 Å². The molecule has 1 atom stereocenters. The zero-order chi connectivity index (χ0) is 18.4. The van der Waals surface area contributed by atoms with Crippen LogP contribution in [0.5, 0.6) is 0 Å². The Balaban J connectivity index is 1.88. The first kappa shape index (κ1) is 18.2. The first-order chi connectivity index (χ1) is 11.6. The van der Waals surface area contributed by atoms with Gasteiger partial charge in [0, 0.05) is 17.3 Å². The summed E-state index contributed by atoms with van der Waals surface area (Å²) in [6.07, 6.45) is 1.79. The van der Waals surface area contributed by atoms with Crippen LogP contribution in [0.1, 0.15) is 46.2 Å². The fourth-order valence-electron chi connectivity index (χ4n) is 2.88. The van der Waals surface area contributed by atoms with Crippen LogP contribution in [0.25, 0.3) is 0 Å². The van der Waals surface area contributed by atoms with Crippen molar-refractivity contribution in [2.75, 3.05) is 0 Å². The molecule has 1 saturated heterocycles. The average molecular weight is 360 g/mol. The van der Waals surface area contributed by atoms with Gasteiger partial charge >= 0.3 is 7.12 Å². The van der Waals surface area contributed by atoms with Gasteiger partial charge < -0.3 is 13.9 Å². The van der Waals surface area contributed by atoms with Crippen molar-refractivity contribution in [2.24, 2.45) is 0 Å². The molecule has 0 saturated carbocycles. The van der Waals surface area contributed by atoms with Crippen LogP contribution >= 0.6 is 11.6 Å². The number of nitrogens with zero attached hydrogens (tertiary/aromatic N) is 1. The van der Waals surface area contributed by atoms with E-state index in [-0.39, 0.29) is 11.6 Å². The lowest BCUT2D eigenvalue weighted by Gasteiger charge is -2.32. The van der Waals surface area contributed by atoms with E-state index >= 15 is 0 Å². The fourth-order valence-corrected chi connectivity index (χ4v) is 3.08. The van der Waals surface area contributed by atoms with Gasteiger partial charge in [0.15, 0.2) is 0 Å². The molecule has 132 valence electrons. The van der Waals surface area contributed by atoms with Gasteiger partial charge in [-0.2, -0.15) is 0 Å². The molecule has 3 rings (SSSR count). The predicted octanol–water partition coefficient (Wildman–Crippen LogP) is 3.41. The van der Waals surface area contributed by atoms with Crippen molar-refractivity contribution in [3.05, 3.63) is 63.5 Å². The van der Waals surface area contributed by atoms with Crippen molar-refractivity contribution in [3.8, 4) is 0 Å². The van der Waals surface area contributed by atoms with Gasteiger partial charge in [-0.3, -0.25) is 4.79 Å². The van der Waals surface area contributed by atoms with Crippen molar-refractivity contribution in [1.29, 1.82) is 0 Å². The second-order valence-corrected chi connectivity index (χ2v) is 7.96. The van der Waals surface area contributed by atoms with E-state index in [1.54, 1.807) is 16.8 Å². The third kappa shape index (κ3) is 3.41. The molecule has 2 aromatic rings. The number of aromatic nitrogens is 1. The van der Waals surface area contributed by atoms with Gasteiger partial charge in [0.25, 0.3) is 5.56 Å². The monoisotopic (exact) mass is 359 g/mol. The summed E-state index contributed by atoms with van der Waals surface area (Å²) in [7, 11) is -0.533. The van der Waals surface area contributed by atoms with Crippen molar-refractivity contribution in [3.63, 3.8) is 0 Å². The van der Waals surface area contributed by atoms with Gasteiger partial charge in [-0.05, 0) is 63.8 Å². The van der Waals surface area contributed by atoms with Gasteiger partial charge in [-0.1, -0.05) is 23.7 Å². The van der Waals surface area contributed by atoms with E-state index in [2.05, 4.69) is 0 Å². The molecular weight excluding hydrogens is 336 g/mol. The van der Waals surface area contributed by atoms with Crippen LogP contribution in [-0.2, 0) is 9.31 Å². The molecular formula is C19H23BClNO3. The Kier molecular flexibility index (Phi) is 4.60. The highest BCUT2D eigenvalue weighted by Gasteiger charge is 2.51. The molecule has 1 aliphatic rings. The van der Waals surface area contributed by atoms with E-state index in [0.29, 0.717) is 5.02 Å². The molecule has 0 aliphatic carbocycles. The van der Waals surface area contributed by atoms with Crippen LogP contribution in [0, 0.1) is 0 Å². The van der Waals surface area contributed by atoms with Gasteiger partial charge in [0.1, 0.15) is 0 Å². The summed E-state index contributed by atoms with van der Waals surface area (Å²) in [5.41, 5.74) is 0.761. The van der Waals surface area contributed by atoms with Crippen molar-refractivity contribution < 1.29 is 9.31 Å². The fraction of sp³-hybridized carbons (Fsp3) is 0.421. The highest BCUT2D eigenvalue weighted by molar-refractivity contribution is 6.62. The Morgan fingerprint density at radius 2 is 1.72 bits per heavy atom. The highest BCUT2D eigenvalue weighted by atomic mass is 35.5. The molecule has 2 heterocycles. The molecule has 1 fully saturated rings. The second kappa shape index (κ2) is 6.31. The first-order valence-electron chi connectivity index (χ1n) is 8.44. The molecule has 0 radical (unpaired) electrons. The second-order valence-electron chi connectivity index (χ2n) is 7.52. The maximum absolute atomic E-state index is 12.6. The molecule has 1 aliphatic heterocycles. The Morgan fingerprint density at radius 1 is 1.08 bits per heavy atom. The molecule has 0 spiro atoms. The van der Waals surface area contributed by atoms with E-state index < -0.39 is 18.3 Å². The highest BCUT2D eigenvalue weighted by Crippen LogP contribution is 2.36. The lowest BCUT2D eigenvalue weighted by molar-refractivity contribution is 0.00578. The minimum Gasteiger partial charge on any atom is -0.399 e. The van der Waals surface area contributed by atoms with Gasteiger partial charge in [-0.15, -0.1) is 0 Å².